The molecule has 1 N–H and O–H groups in total. The molecule has 1 aromatic carbocycles. The predicted octanol–water partition coefficient (Wildman–Crippen LogP) is 2.27. The molecule has 0 radical (unpaired) electrons. The zero-order chi connectivity index (χ0) is 21.5. The van der Waals surface area contributed by atoms with E-state index in [2.05, 4.69) is 20.6 Å². The number of hydrazone groups is 1. The van der Waals surface area contributed by atoms with Crippen LogP contribution in [0.25, 0.3) is 0 Å². The van der Waals surface area contributed by atoms with Crippen molar-refractivity contribution in [2.75, 3.05) is 7.11 Å². The van der Waals surface area contributed by atoms with E-state index in [0.29, 0.717) is 16.9 Å². The number of nitrogens with one attached hydrogen (secondary N) is 1. The zero-order valence-electron chi connectivity index (χ0n) is 16.8. The second-order valence-electron chi connectivity index (χ2n) is 6.42. The van der Waals surface area contributed by atoms with Crippen LogP contribution in [0.4, 0.5) is 0 Å². The number of amides is 1. The molecule has 0 saturated heterocycles. The molecular formula is C21H21N5O4. The number of methoxy groups -OCH3 is 1. The lowest BCUT2D eigenvalue weighted by molar-refractivity contribution is -0.121. The number of hydrogen-bond acceptors (Lipinski definition) is 7. The van der Waals surface area contributed by atoms with Gasteiger partial charge >= 0.3 is 5.97 Å². The lowest BCUT2D eigenvalue weighted by atomic mass is 10.2. The maximum absolute atomic E-state index is 12.2. The molecule has 9 heteroatoms. The molecule has 154 valence electrons. The van der Waals surface area contributed by atoms with Gasteiger partial charge in [-0.2, -0.15) is 10.2 Å². The van der Waals surface area contributed by atoms with Crippen molar-refractivity contribution < 1.29 is 19.1 Å². The molecule has 3 rings (SSSR count). The van der Waals surface area contributed by atoms with E-state index in [1.54, 1.807) is 41.2 Å². The highest BCUT2D eigenvalue weighted by atomic mass is 16.6. The Bertz CT molecular complexity index is 1080. The summed E-state index contributed by atoms with van der Waals surface area (Å²) in [4.78, 5) is 28.1. The zero-order valence-corrected chi connectivity index (χ0v) is 16.8. The molecule has 0 saturated carbocycles. The molecule has 2 aromatic heterocycles. The van der Waals surface area contributed by atoms with Crippen molar-refractivity contribution in [3.05, 3.63) is 71.3 Å². The Morgan fingerprint density at radius 2 is 2.03 bits per heavy atom. The summed E-state index contributed by atoms with van der Waals surface area (Å²) in [7, 11) is 1.47. The molecule has 3 aromatic rings. The lowest BCUT2D eigenvalue weighted by Crippen LogP contribution is -2.24. The monoisotopic (exact) mass is 407 g/mol. The number of benzene rings is 1. The number of aryl methyl sites for hydroxylation is 2. The number of esters is 1. The molecule has 0 spiro atoms. The van der Waals surface area contributed by atoms with Gasteiger partial charge in [-0.15, -0.1) is 0 Å². The van der Waals surface area contributed by atoms with Gasteiger partial charge in [-0.1, -0.05) is 0 Å². The van der Waals surface area contributed by atoms with Gasteiger partial charge in [-0.25, -0.2) is 10.2 Å². The summed E-state index contributed by atoms with van der Waals surface area (Å²) in [6.07, 6.45) is 4.46. The molecule has 1 amide bonds. The Kier molecular flexibility index (Phi) is 6.53. The van der Waals surface area contributed by atoms with Crippen LogP contribution in [0.3, 0.4) is 0 Å². The van der Waals surface area contributed by atoms with E-state index in [9.17, 15) is 9.59 Å². The minimum atomic E-state index is -0.542. The van der Waals surface area contributed by atoms with Crippen molar-refractivity contribution in [2.45, 2.75) is 20.4 Å². The highest BCUT2D eigenvalue weighted by Gasteiger charge is 2.13. The van der Waals surface area contributed by atoms with Crippen molar-refractivity contribution in [2.24, 2.45) is 5.10 Å². The SMILES string of the molecule is COc1cc(C=NNC(=O)Cn2nc(C)cc2C)ccc1OC(=O)c1cccnc1. The molecular weight excluding hydrogens is 386 g/mol. The molecule has 0 atom stereocenters. The van der Waals surface area contributed by atoms with Gasteiger partial charge in [-0.3, -0.25) is 14.5 Å². The maximum atomic E-state index is 12.2. The molecule has 0 aliphatic rings. The van der Waals surface area contributed by atoms with Crippen LogP contribution in [0.15, 0.2) is 53.9 Å². The molecule has 0 bridgehead atoms. The molecule has 0 aliphatic heterocycles. The fourth-order valence-corrected chi connectivity index (χ4v) is 2.68. The van der Waals surface area contributed by atoms with E-state index >= 15 is 0 Å². The number of rotatable bonds is 7. The van der Waals surface area contributed by atoms with Gasteiger partial charge in [-0.05, 0) is 55.8 Å². The summed E-state index contributed by atoms with van der Waals surface area (Å²) in [5.41, 5.74) is 5.18. The first kappa shape index (κ1) is 20.7. The van der Waals surface area contributed by atoms with Crippen molar-refractivity contribution >= 4 is 18.1 Å². The molecule has 0 fully saturated rings. The number of ether oxygens (including phenoxy) is 2. The predicted molar refractivity (Wildman–Crippen MR) is 110 cm³/mol. The van der Waals surface area contributed by atoms with Crippen LogP contribution in [-0.4, -0.2) is 40.0 Å². The Morgan fingerprint density at radius 3 is 2.70 bits per heavy atom. The topological polar surface area (TPSA) is 108 Å². The molecule has 0 unspecified atom stereocenters. The third-order valence-electron chi connectivity index (χ3n) is 4.09. The summed E-state index contributed by atoms with van der Waals surface area (Å²) >= 11 is 0. The molecule has 30 heavy (non-hydrogen) atoms. The highest BCUT2D eigenvalue weighted by molar-refractivity contribution is 5.91. The van der Waals surface area contributed by atoms with Gasteiger partial charge in [0.2, 0.25) is 0 Å². The van der Waals surface area contributed by atoms with Crippen LogP contribution in [-0.2, 0) is 11.3 Å². The number of nitrogens with zero attached hydrogens (tertiary/aromatic N) is 4. The number of pyridine rings is 1. The molecule has 2 heterocycles. The molecule has 9 nitrogen and oxygen atoms in total. The smallest absolute Gasteiger partial charge is 0.345 e. The minimum Gasteiger partial charge on any atom is -0.493 e. The maximum Gasteiger partial charge on any atom is 0.345 e. The first-order chi connectivity index (χ1) is 14.5. The van der Waals surface area contributed by atoms with Crippen molar-refractivity contribution in [3.8, 4) is 11.5 Å². The third-order valence-corrected chi connectivity index (χ3v) is 4.09. The summed E-state index contributed by atoms with van der Waals surface area (Å²) in [5.74, 6) is -0.229. The average Bonchev–Trinajstić information content (AvgIpc) is 3.06. The number of carbonyl (C=O) groups excluding carboxylic acids is 2. The number of aromatic nitrogens is 3. The van der Waals surface area contributed by atoms with Gasteiger partial charge in [0, 0.05) is 18.1 Å². The van der Waals surface area contributed by atoms with E-state index in [1.165, 1.54) is 19.5 Å². The Morgan fingerprint density at radius 1 is 1.20 bits per heavy atom. The van der Waals surface area contributed by atoms with Crippen LogP contribution in [0.1, 0.15) is 27.3 Å². The van der Waals surface area contributed by atoms with Crippen molar-refractivity contribution in [1.82, 2.24) is 20.2 Å². The van der Waals surface area contributed by atoms with E-state index in [4.69, 9.17) is 9.47 Å². The fraction of sp³-hybridized carbons (Fsp3) is 0.190. The minimum absolute atomic E-state index is 0.0730. The number of carbonyl (C=O) groups is 2. The normalized spacial score (nSPS) is 10.8. The first-order valence-corrected chi connectivity index (χ1v) is 9.09. The van der Waals surface area contributed by atoms with Crippen LogP contribution in [0.2, 0.25) is 0 Å². The van der Waals surface area contributed by atoms with Crippen LogP contribution in [0, 0.1) is 13.8 Å². The van der Waals surface area contributed by atoms with Gasteiger partial charge in [0.25, 0.3) is 5.91 Å². The Labute approximate surface area is 173 Å². The largest absolute Gasteiger partial charge is 0.493 e. The average molecular weight is 407 g/mol. The Balaban J connectivity index is 1.62. The summed E-state index contributed by atoms with van der Waals surface area (Å²) in [5, 5.41) is 8.19. The van der Waals surface area contributed by atoms with Gasteiger partial charge in [0.05, 0.1) is 24.6 Å². The van der Waals surface area contributed by atoms with Gasteiger partial charge < -0.3 is 9.47 Å². The fourth-order valence-electron chi connectivity index (χ4n) is 2.68. The molecule has 0 aliphatic carbocycles. The van der Waals surface area contributed by atoms with E-state index < -0.39 is 5.97 Å². The lowest BCUT2D eigenvalue weighted by Gasteiger charge is -2.09. The Hall–Kier alpha value is -4.01. The van der Waals surface area contributed by atoms with Crippen LogP contribution < -0.4 is 14.9 Å². The third kappa shape index (κ3) is 5.28. The van der Waals surface area contributed by atoms with E-state index in [-0.39, 0.29) is 18.2 Å². The summed E-state index contributed by atoms with van der Waals surface area (Å²) < 4.78 is 12.3. The first-order valence-electron chi connectivity index (χ1n) is 9.09. The second-order valence-corrected chi connectivity index (χ2v) is 6.42. The quantitative estimate of drug-likeness (QED) is 0.279. The summed E-state index contributed by atoms with van der Waals surface area (Å²) in [6, 6.07) is 10.1. The summed E-state index contributed by atoms with van der Waals surface area (Å²) in [6.45, 7) is 3.82. The second kappa shape index (κ2) is 9.46. The van der Waals surface area contributed by atoms with Gasteiger partial charge in [0.15, 0.2) is 11.5 Å². The van der Waals surface area contributed by atoms with Crippen molar-refractivity contribution in [1.29, 1.82) is 0 Å². The van der Waals surface area contributed by atoms with Crippen LogP contribution in [0.5, 0.6) is 11.5 Å². The van der Waals surface area contributed by atoms with E-state index in [0.717, 1.165) is 11.4 Å². The number of hydrogen-bond donors (Lipinski definition) is 1. The van der Waals surface area contributed by atoms with Gasteiger partial charge in [0.1, 0.15) is 6.54 Å². The van der Waals surface area contributed by atoms with Crippen LogP contribution >= 0.6 is 0 Å². The standard InChI is InChI=1S/C21H21N5O4/c1-14-9-15(2)26(25-14)13-20(27)24-23-11-16-6-7-18(19(10-16)29-3)30-21(28)17-5-4-8-22-12-17/h4-12H,13H2,1-3H3,(H,24,27). The highest BCUT2D eigenvalue weighted by Crippen LogP contribution is 2.28. The van der Waals surface area contributed by atoms with Crippen molar-refractivity contribution in [3.63, 3.8) is 0 Å². The van der Waals surface area contributed by atoms with E-state index in [1.807, 2.05) is 19.9 Å².